The molecule has 0 aromatic rings. The largest absolute Gasteiger partial charge is 4.00 e. The molecule has 0 aromatic heterocycles. The maximum Gasteiger partial charge on any atom is 4.00 e. The summed E-state index contributed by atoms with van der Waals surface area (Å²) in [6.07, 6.45) is -10.9. The van der Waals surface area contributed by atoms with Crippen LogP contribution in [-0.4, -0.2) is 114 Å². The van der Waals surface area contributed by atoms with Gasteiger partial charge < -0.3 is 139 Å². The van der Waals surface area contributed by atoms with E-state index in [0.29, 0.717) is 0 Å². The van der Waals surface area contributed by atoms with Crippen molar-refractivity contribution in [1.29, 1.82) is 0 Å². The van der Waals surface area contributed by atoms with Crippen LogP contribution in [0.25, 0.3) is 0 Å². The smallest absolute Gasteiger partial charge is 0.550 e. The summed E-state index contributed by atoms with van der Waals surface area (Å²) >= 11 is 0. The van der Waals surface area contributed by atoms with Gasteiger partial charge in [0.25, 0.3) is 0 Å². The van der Waals surface area contributed by atoms with E-state index in [-0.39, 0.29) is 125 Å². The van der Waals surface area contributed by atoms with E-state index in [1.807, 2.05) is 0 Å². The fourth-order valence-corrected chi connectivity index (χ4v) is 2.74. The molecule has 55 heavy (non-hydrogen) atoms. The zero-order valence-electron chi connectivity index (χ0n) is 26.7. The minimum absolute atomic E-state index is 0. The standard InChI is InChI=1S/4C6H8O7.3Ce/c4*7-3(8)1-6(13,5(11)12)2-4(9)10;;;/h4*13H,1-2H2,(H,7,8)(H,9,10)(H,11,12);;;/q;;;;3*+4/p-12. The molecule has 0 amide bonds. The topological polar surface area (TPSA) is 562 Å². The Hall–Kier alpha value is -2.39. The van der Waals surface area contributed by atoms with E-state index < -0.39 is 145 Å². The number of hydrogen-bond acceptors (Lipinski definition) is 28. The molecule has 0 radical (unpaired) electrons. The average Bonchev–Trinajstić information content (AvgIpc) is 2.85. The SMILES string of the molecule is O=C([O-])CC(O)(CC(=O)[O-])C(=O)[O-].O=C([O-])CC(O)(CC(=O)[O-])C(=O)[O-].O=C([O-])CC(O)(CC(=O)[O-])C(=O)[O-].O=C([O-])CC(O)(CC(=O)[O-])C(=O)[O-].[Ce+4].[Ce+4].[Ce+4]. The third-order valence-corrected chi connectivity index (χ3v) is 5.01. The van der Waals surface area contributed by atoms with Crippen LogP contribution >= 0.6 is 0 Å². The minimum Gasteiger partial charge on any atom is -0.550 e. The minimum atomic E-state index is -2.97. The molecular weight excluding hydrogens is 1160 g/mol. The molecule has 0 fully saturated rings. The molecule has 0 atom stereocenters. The van der Waals surface area contributed by atoms with Crippen molar-refractivity contribution in [3.63, 3.8) is 0 Å². The average molecular weight is 1180 g/mol. The summed E-state index contributed by atoms with van der Waals surface area (Å²) in [5, 5.41) is 156. The fourth-order valence-electron chi connectivity index (χ4n) is 2.74. The van der Waals surface area contributed by atoms with E-state index in [0.717, 1.165) is 0 Å². The molecule has 0 heterocycles. The predicted octanol–water partition coefficient (Wildman–Crippen LogP) is -21.0. The van der Waals surface area contributed by atoms with Crippen molar-refractivity contribution in [3.05, 3.63) is 0 Å². The Labute approximate surface area is 404 Å². The van der Waals surface area contributed by atoms with Crippen LogP contribution < -0.4 is 61.3 Å². The van der Waals surface area contributed by atoms with Crippen molar-refractivity contribution < 1.29 is 264 Å². The van der Waals surface area contributed by atoms with E-state index >= 15 is 0 Å². The molecular formula is C24H20Ce3O28. The number of carboxylic acids is 12. The predicted molar refractivity (Wildman–Crippen MR) is 117 cm³/mol. The number of carboxylic acid groups (broad SMARTS) is 12. The van der Waals surface area contributed by atoms with Crippen molar-refractivity contribution in [2.45, 2.75) is 73.8 Å². The monoisotopic (exact) mass is 1180 g/mol. The van der Waals surface area contributed by atoms with Crippen LogP contribution in [0.1, 0.15) is 51.4 Å². The van der Waals surface area contributed by atoms with Crippen LogP contribution in [-0.2, 0) is 57.5 Å². The van der Waals surface area contributed by atoms with E-state index in [1.54, 1.807) is 0 Å². The molecule has 31 heteroatoms. The van der Waals surface area contributed by atoms with Crippen LogP contribution in [0.5, 0.6) is 0 Å². The van der Waals surface area contributed by atoms with E-state index in [1.165, 1.54) is 0 Å². The van der Waals surface area contributed by atoms with E-state index in [2.05, 4.69) is 0 Å². The zero-order chi connectivity index (χ0) is 42.6. The first-order valence-electron chi connectivity index (χ1n) is 12.5. The Bertz CT molecular complexity index is 1130. The van der Waals surface area contributed by atoms with Crippen molar-refractivity contribution >= 4 is 71.6 Å². The van der Waals surface area contributed by atoms with Crippen molar-refractivity contribution in [1.82, 2.24) is 0 Å². The number of aliphatic hydroxyl groups is 4. The Kier molecular flexibility index (Phi) is 37.6. The van der Waals surface area contributed by atoms with Crippen LogP contribution in [0.2, 0.25) is 0 Å². The maximum atomic E-state index is 10.1. The maximum absolute atomic E-state index is 10.1. The van der Waals surface area contributed by atoms with E-state index in [4.69, 9.17) is 20.4 Å². The normalized spacial score (nSPS) is 10.3. The number of aliphatic carboxylic acids is 12. The van der Waals surface area contributed by atoms with Gasteiger partial charge in [-0.1, -0.05) is 0 Å². The van der Waals surface area contributed by atoms with Crippen molar-refractivity contribution in [2.24, 2.45) is 0 Å². The summed E-state index contributed by atoms with van der Waals surface area (Å²) in [6, 6.07) is 0. The summed E-state index contributed by atoms with van der Waals surface area (Å²) in [5.74, 6) is -23.9. The Morgan fingerprint density at radius 2 is 0.327 bits per heavy atom. The van der Waals surface area contributed by atoms with Crippen LogP contribution in [0.4, 0.5) is 0 Å². The summed E-state index contributed by atoms with van der Waals surface area (Å²) in [7, 11) is 0. The first-order chi connectivity index (χ1) is 23.1. The molecule has 0 rings (SSSR count). The summed E-state index contributed by atoms with van der Waals surface area (Å²) in [4.78, 5) is 120. The Balaban J connectivity index is -0.000000110. The van der Waals surface area contributed by atoms with Crippen LogP contribution in [0.3, 0.4) is 0 Å². The first-order valence-corrected chi connectivity index (χ1v) is 12.5. The number of carbonyl (C=O) groups is 12. The molecule has 0 spiro atoms. The van der Waals surface area contributed by atoms with Gasteiger partial charge in [-0.2, -0.15) is 0 Å². The van der Waals surface area contributed by atoms with Crippen LogP contribution in [0.15, 0.2) is 0 Å². The summed E-state index contributed by atoms with van der Waals surface area (Å²) in [5.41, 5.74) is -11.9. The van der Waals surface area contributed by atoms with Gasteiger partial charge >= 0.3 is 125 Å². The van der Waals surface area contributed by atoms with Gasteiger partial charge in [0.1, 0.15) is 22.4 Å². The third kappa shape index (κ3) is 33.5. The molecule has 0 aliphatic rings. The molecule has 0 saturated carbocycles. The Morgan fingerprint density at radius 1 is 0.255 bits per heavy atom. The van der Waals surface area contributed by atoms with Gasteiger partial charge in [0, 0.05) is 99.1 Å². The quantitative estimate of drug-likeness (QED) is 0.0879. The van der Waals surface area contributed by atoms with Crippen molar-refractivity contribution in [3.8, 4) is 0 Å². The second-order valence-corrected chi connectivity index (χ2v) is 9.67. The van der Waals surface area contributed by atoms with Gasteiger partial charge in [-0.05, 0) is 0 Å². The molecule has 0 aromatic carbocycles. The zero-order valence-corrected chi connectivity index (χ0v) is 36.2. The molecule has 4 N–H and O–H groups in total. The fraction of sp³-hybridized carbons (Fsp3) is 0.500. The number of rotatable bonds is 20. The number of carbonyl (C=O) groups excluding carboxylic acids is 12. The second kappa shape index (κ2) is 30.7. The molecule has 0 saturated heterocycles. The number of hydrogen-bond donors (Lipinski definition) is 4. The van der Waals surface area contributed by atoms with Gasteiger partial charge in [-0.25, -0.2) is 0 Å². The molecule has 0 unspecified atom stereocenters. The van der Waals surface area contributed by atoms with Gasteiger partial charge in [0.2, 0.25) is 0 Å². The van der Waals surface area contributed by atoms with Gasteiger partial charge in [0.15, 0.2) is 0 Å². The van der Waals surface area contributed by atoms with Crippen molar-refractivity contribution in [2.75, 3.05) is 0 Å². The van der Waals surface area contributed by atoms with Gasteiger partial charge in [0.05, 0.1) is 23.9 Å². The van der Waals surface area contributed by atoms with E-state index in [9.17, 15) is 119 Å². The Morgan fingerprint density at radius 3 is 0.364 bits per heavy atom. The van der Waals surface area contributed by atoms with Gasteiger partial charge in [-0.15, -0.1) is 0 Å². The van der Waals surface area contributed by atoms with Gasteiger partial charge in [-0.3, -0.25) is 0 Å². The second-order valence-electron chi connectivity index (χ2n) is 9.67. The molecule has 0 bridgehead atoms. The molecule has 0 aliphatic heterocycles. The summed E-state index contributed by atoms with van der Waals surface area (Å²) < 4.78 is 0. The third-order valence-electron chi connectivity index (χ3n) is 5.01. The molecule has 28 nitrogen and oxygen atoms in total. The first kappa shape index (κ1) is 67.4. The molecule has 0 aliphatic carbocycles. The van der Waals surface area contributed by atoms with Crippen LogP contribution in [0, 0.1) is 125 Å². The molecule has 296 valence electrons. The summed E-state index contributed by atoms with van der Waals surface area (Å²) in [6.45, 7) is 0.